The number of terminal acetylenes is 1. The highest BCUT2D eigenvalue weighted by Crippen LogP contribution is 2.52. The van der Waals surface area contributed by atoms with Crippen LogP contribution in [0.1, 0.15) is 29.2 Å². The Bertz CT molecular complexity index is 1190. The van der Waals surface area contributed by atoms with E-state index in [-0.39, 0.29) is 30.1 Å². The molecule has 3 N–H and O–H groups in total. The first-order chi connectivity index (χ1) is 15.8. The minimum absolute atomic E-state index is 0.00285. The monoisotopic (exact) mass is 453 g/mol. The zero-order valence-electron chi connectivity index (χ0n) is 17.1. The van der Waals surface area contributed by atoms with Crippen LogP contribution in [0.15, 0.2) is 75.4 Å². The van der Waals surface area contributed by atoms with E-state index in [1.807, 2.05) is 6.07 Å². The maximum Gasteiger partial charge on any atom is 0.442 e. The molecule has 2 aliphatic rings. The maximum absolute atomic E-state index is 13.3. The summed E-state index contributed by atoms with van der Waals surface area (Å²) in [6.45, 7) is 0.00285. The molecule has 2 aromatic rings. The molecule has 4 rings (SSSR count). The maximum atomic E-state index is 13.3. The smallest absolute Gasteiger partial charge is 0.442 e. The molecule has 168 valence electrons. The molecule has 0 aliphatic carbocycles. The van der Waals surface area contributed by atoms with Crippen molar-refractivity contribution < 1.29 is 22.7 Å². The Morgan fingerprint density at radius 1 is 1.15 bits per heavy atom. The highest BCUT2D eigenvalue weighted by atomic mass is 19.4. The Morgan fingerprint density at radius 2 is 1.82 bits per heavy atom. The predicted molar refractivity (Wildman–Crippen MR) is 114 cm³/mol. The van der Waals surface area contributed by atoms with E-state index in [0.29, 0.717) is 16.8 Å². The van der Waals surface area contributed by atoms with Gasteiger partial charge in [-0.3, -0.25) is 0 Å². The lowest BCUT2D eigenvalue weighted by Gasteiger charge is -2.26. The second kappa shape index (κ2) is 8.43. The van der Waals surface area contributed by atoms with Gasteiger partial charge in [0.2, 0.25) is 0 Å². The van der Waals surface area contributed by atoms with Crippen molar-refractivity contribution in [2.24, 2.45) is 21.0 Å². The number of carbonyl (C=O) groups is 1. The number of hydrogen-bond acceptors (Lipinski definition) is 7. The summed E-state index contributed by atoms with van der Waals surface area (Å²) < 4.78 is 45.3. The van der Waals surface area contributed by atoms with Crippen LogP contribution in [0, 0.1) is 12.3 Å². The first-order valence-electron chi connectivity index (χ1n) is 9.88. The number of hydrogen-bond donors (Lipinski definition) is 2. The Morgan fingerprint density at radius 3 is 2.39 bits per heavy atom. The number of carbonyl (C=O) groups excluding carboxylic acids is 1. The number of guanidine groups is 1. The fourth-order valence-corrected chi connectivity index (χ4v) is 3.48. The third kappa shape index (κ3) is 4.17. The van der Waals surface area contributed by atoms with Crippen LogP contribution in [0.2, 0.25) is 0 Å². The Hall–Kier alpha value is -4.13. The molecule has 2 aliphatic heterocycles. The van der Waals surface area contributed by atoms with Gasteiger partial charge < -0.3 is 15.8 Å². The van der Waals surface area contributed by atoms with Gasteiger partial charge >= 0.3 is 17.8 Å². The second-order valence-electron chi connectivity index (χ2n) is 7.28. The lowest BCUT2D eigenvalue weighted by Crippen LogP contribution is -2.37. The molecule has 2 heterocycles. The number of alkyl halides is 3. The van der Waals surface area contributed by atoms with Gasteiger partial charge in [0.15, 0.2) is 5.96 Å². The summed E-state index contributed by atoms with van der Waals surface area (Å²) in [5, 5.41) is 9.33. The molecule has 0 aromatic heterocycles. The van der Waals surface area contributed by atoms with Gasteiger partial charge in [0.05, 0.1) is 11.3 Å². The molecule has 1 atom stereocenters. The average molecular weight is 453 g/mol. The molecule has 1 unspecified atom stereocenters. The molecule has 0 amide bonds. The summed E-state index contributed by atoms with van der Waals surface area (Å²) in [4.78, 5) is 17.4. The van der Waals surface area contributed by atoms with Crippen LogP contribution in [0.25, 0.3) is 5.70 Å². The van der Waals surface area contributed by atoms with E-state index in [4.69, 9.17) is 16.9 Å². The van der Waals surface area contributed by atoms with E-state index < -0.39 is 23.9 Å². The largest absolute Gasteiger partial charge is 0.461 e. The van der Waals surface area contributed by atoms with Crippen molar-refractivity contribution >= 4 is 17.6 Å². The highest BCUT2D eigenvalue weighted by Gasteiger charge is 2.65. The van der Waals surface area contributed by atoms with E-state index in [0.717, 1.165) is 0 Å². The van der Waals surface area contributed by atoms with Crippen molar-refractivity contribution in [3.8, 4) is 12.3 Å². The van der Waals surface area contributed by atoms with Crippen LogP contribution >= 0.6 is 0 Å². The highest BCUT2D eigenvalue weighted by molar-refractivity contribution is 6.04. The molecule has 0 spiro atoms. The normalized spacial score (nSPS) is 18.7. The molecule has 0 radical (unpaired) electrons. The van der Waals surface area contributed by atoms with Crippen LogP contribution < -0.4 is 11.1 Å². The molecule has 0 saturated heterocycles. The third-order valence-electron chi connectivity index (χ3n) is 5.15. The third-order valence-corrected chi connectivity index (χ3v) is 5.15. The lowest BCUT2D eigenvalue weighted by molar-refractivity contribution is -0.166. The van der Waals surface area contributed by atoms with Crippen molar-refractivity contribution in [2.45, 2.75) is 24.3 Å². The molecule has 0 fully saturated rings. The van der Waals surface area contributed by atoms with Gasteiger partial charge in [0.1, 0.15) is 12.6 Å². The molecule has 0 saturated carbocycles. The van der Waals surface area contributed by atoms with Crippen molar-refractivity contribution in [2.75, 3.05) is 6.61 Å². The Labute approximate surface area is 187 Å². The lowest BCUT2D eigenvalue weighted by atomic mass is 9.91. The van der Waals surface area contributed by atoms with E-state index in [1.54, 1.807) is 24.3 Å². The summed E-state index contributed by atoms with van der Waals surface area (Å²) >= 11 is 0. The van der Waals surface area contributed by atoms with Crippen LogP contribution in [-0.4, -0.2) is 24.7 Å². The number of esters is 1. The Balaban J connectivity index is 1.75. The van der Waals surface area contributed by atoms with Crippen LogP contribution in [0.5, 0.6) is 0 Å². The molecule has 10 heteroatoms. The number of ether oxygens (including phenoxy) is 1. The molecule has 33 heavy (non-hydrogen) atoms. The fourth-order valence-electron chi connectivity index (χ4n) is 3.48. The number of benzene rings is 2. The van der Waals surface area contributed by atoms with E-state index in [9.17, 15) is 18.0 Å². The fraction of sp³-hybridized carbons (Fsp3) is 0.217. The standard InChI is InChI=1S/C23H18F3N5O2/c1-2-3-13-33-20(32)17-18(14-7-5-4-6-8-14)28-21(27)29-19(17)15-9-11-16(12-10-15)22(30-31-22)23(24,25)26/h1,4-12,19H,3,13H2,(H3,27,28,29). The van der Waals surface area contributed by atoms with Gasteiger partial charge in [-0.25, -0.2) is 9.79 Å². The first kappa shape index (κ1) is 22.1. The summed E-state index contributed by atoms with van der Waals surface area (Å²) in [5.41, 5.74) is 4.97. The van der Waals surface area contributed by atoms with Crippen LogP contribution in [0.4, 0.5) is 13.2 Å². The number of rotatable bonds is 6. The second-order valence-corrected chi connectivity index (χ2v) is 7.28. The van der Waals surface area contributed by atoms with Crippen molar-refractivity contribution in [3.63, 3.8) is 0 Å². The molecule has 2 aromatic carbocycles. The average Bonchev–Trinajstić information content (AvgIpc) is 3.62. The van der Waals surface area contributed by atoms with Crippen molar-refractivity contribution in [1.82, 2.24) is 5.32 Å². The van der Waals surface area contributed by atoms with Gasteiger partial charge in [0, 0.05) is 12.0 Å². The number of aliphatic imine (C=N–C) groups is 1. The number of halogens is 3. The Kier molecular flexibility index (Phi) is 5.64. The number of nitrogens with one attached hydrogen (secondary N) is 1. The SMILES string of the molecule is C#CCCOC(=O)C1=C(c2ccccc2)NC(N)=NC1c1ccc(C2(C(F)(F)F)N=N2)cc1. The quantitative estimate of drug-likeness (QED) is 0.395. The first-order valence-corrected chi connectivity index (χ1v) is 9.88. The van der Waals surface area contributed by atoms with Crippen molar-refractivity contribution in [1.29, 1.82) is 0 Å². The summed E-state index contributed by atoms with van der Waals surface area (Å²) in [6, 6.07) is 13.4. The van der Waals surface area contributed by atoms with Crippen LogP contribution in [0.3, 0.4) is 0 Å². The molecular formula is C23H18F3N5O2. The minimum atomic E-state index is -4.64. The van der Waals surface area contributed by atoms with E-state index in [2.05, 4.69) is 26.5 Å². The molecular weight excluding hydrogens is 435 g/mol. The molecule has 7 nitrogen and oxygen atoms in total. The number of nitrogens with two attached hydrogens (primary N) is 1. The zero-order chi connectivity index (χ0) is 23.6. The topological polar surface area (TPSA) is 101 Å². The minimum Gasteiger partial charge on any atom is -0.461 e. The van der Waals surface area contributed by atoms with Crippen LogP contribution in [-0.2, 0) is 15.2 Å². The van der Waals surface area contributed by atoms with E-state index in [1.165, 1.54) is 24.3 Å². The van der Waals surface area contributed by atoms with Gasteiger partial charge in [-0.1, -0.05) is 54.6 Å². The van der Waals surface area contributed by atoms with Gasteiger partial charge in [0.25, 0.3) is 0 Å². The summed E-state index contributed by atoms with van der Waals surface area (Å²) in [6.07, 6.45) is 0.820. The summed E-state index contributed by atoms with van der Waals surface area (Å²) in [5.74, 6) is 1.77. The zero-order valence-corrected chi connectivity index (χ0v) is 17.1. The number of nitrogens with zero attached hydrogens (tertiary/aromatic N) is 3. The van der Waals surface area contributed by atoms with Gasteiger partial charge in [-0.15, -0.1) is 22.6 Å². The predicted octanol–water partition coefficient (Wildman–Crippen LogP) is 3.80. The summed E-state index contributed by atoms with van der Waals surface area (Å²) in [7, 11) is 0. The molecule has 0 bridgehead atoms. The van der Waals surface area contributed by atoms with E-state index >= 15 is 0 Å². The van der Waals surface area contributed by atoms with Crippen molar-refractivity contribution in [3.05, 3.63) is 76.9 Å². The van der Waals surface area contributed by atoms with Gasteiger partial charge in [-0.2, -0.15) is 13.2 Å². The van der Waals surface area contributed by atoms with Gasteiger partial charge in [-0.05, 0) is 11.1 Å².